The van der Waals surface area contributed by atoms with Gasteiger partial charge in [0, 0.05) is 18.9 Å². The van der Waals surface area contributed by atoms with Gasteiger partial charge in [-0.1, -0.05) is 42.5 Å². The second kappa shape index (κ2) is 8.92. The van der Waals surface area contributed by atoms with Gasteiger partial charge in [0.25, 0.3) is 0 Å². The first-order chi connectivity index (χ1) is 14.3. The molecule has 3 rings (SSSR count). The highest BCUT2D eigenvalue weighted by Crippen LogP contribution is 2.40. The molecule has 1 saturated heterocycles. The number of hydrogen-bond donors (Lipinski definition) is 1. The minimum Gasteiger partial charge on any atom is -0.489 e. The summed E-state index contributed by atoms with van der Waals surface area (Å²) >= 11 is 0. The third kappa shape index (κ3) is 4.67. The molecule has 0 bridgehead atoms. The summed E-state index contributed by atoms with van der Waals surface area (Å²) in [6.07, 6.45) is -2.35. The number of carbonyl (C=O) groups is 1. The molecule has 1 amide bonds. The Morgan fingerprint density at radius 2 is 1.87 bits per heavy atom. The number of alkyl halides is 3. The highest BCUT2D eigenvalue weighted by Gasteiger charge is 2.42. The van der Waals surface area contributed by atoms with Crippen LogP contribution in [0.4, 0.5) is 18.9 Å². The maximum atomic E-state index is 13.5. The Balaban J connectivity index is 1.92. The molecule has 160 valence electrons. The number of anilines is 1. The third-order valence-corrected chi connectivity index (χ3v) is 5.28. The van der Waals surface area contributed by atoms with E-state index in [9.17, 15) is 18.0 Å². The first-order valence-corrected chi connectivity index (χ1v) is 9.67. The maximum absolute atomic E-state index is 13.5. The molecule has 0 aromatic heterocycles. The predicted molar refractivity (Wildman–Crippen MR) is 109 cm³/mol. The molecule has 0 unspecified atom stereocenters. The second-order valence-electron chi connectivity index (χ2n) is 7.32. The van der Waals surface area contributed by atoms with Gasteiger partial charge in [0.15, 0.2) is 0 Å². The number of carbonyl (C=O) groups excluding carboxylic acids is 1. The Morgan fingerprint density at radius 1 is 1.20 bits per heavy atom. The second-order valence-corrected chi connectivity index (χ2v) is 7.32. The number of halogens is 3. The largest absolute Gasteiger partial charge is 0.489 e. The lowest BCUT2D eigenvalue weighted by Crippen LogP contribution is -2.44. The molecule has 1 N–H and O–H groups in total. The summed E-state index contributed by atoms with van der Waals surface area (Å²) < 4.78 is 51.0. The monoisotopic (exact) mass is 419 g/mol. The number of rotatable bonds is 6. The molecule has 2 aromatic rings. The zero-order valence-electron chi connectivity index (χ0n) is 16.7. The van der Waals surface area contributed by atoms with E-state index >= 15 is 0 Å². The number of hydrogen-bond acceptors (Lipinski definition) is 3. The summed E-state index contributed by atoms with van der Waals surface area (Å²) in [6, 6.07) is 11.2. The average Bonchev–Trinajstić information content (AvgIpc) is 2.73. The van der Waals surface area contributed by atoms with Crippen LogP contribution in [0.3, 0.4) is 0 Å². The lowest BCUT2D eigenvalue weighted by molar-refractivity contribution is -0.138. The van der Waals surface area contributed by atoms with Crippen molar-refractivity contribution in [2.24, 2.45) is 0 Å². The topological polar surface area (TPSA) is 47.6 Å². The molecular weight excluding hydrogens is 395 g/mol. The van der Waals surface area contributed by atoms with Gasteiger partial charge in [0.1, 0.15) is 12.4 Å². The SMILES string of the molecule is C=CCOc1ccc(NC(=O)C2(c3ccc(C)cc3)CCOCC2)cc1C(F)(F)F. The fourth-order valence-corrected chi connectivity index (χ4v) is 3.59. The fraction of sp³-hybridized carbons (Fsp3) is 0.348. The lowest BCUT2D eigenvalue weighted by Gasteiger charge is -2.36. The van der Waals surface area contributed by atoms with Crippen LogP contribution in [0.25, 0.3) is 0 Å². The molecule has 1 aliphatic rings. The van der Waals surface area contributed by atoms with Gasteiger partial charge in [-0.3, -0.25) is 4.79 Å². The molecule has 0 radical (unpaired) electrons. The number of ether oxygens (including phenoxy) is 2. The Kier molecular flexibility index (Phi) is 6.51. The van der Waals surface area contributed by atoms with Crippen molar-refractivity contribution in [3.63, 3.8) is 0 Å². The Hall–Kier alpha value is -2.80. The first kappa shape index (κ1) is 21.9. The molecular formula is C23H24F3NO3. The third-order valence-electron chi connectivity index (χ3n) is 5.28. The number of nitrogens with one attached hydrogen (secondary N) is 1. The van der Waals surface area contributed by atoms with Gasteiger partial charge >= 0.3 is 6.18 Å². The van der Waals surface area contributed by atoms with Crippen LogP contribution in [0.2, 0.25) is 0 Å². The molecule has 1 heterocycles. The van der Waals surface area contributed by atoms with Gasteiger partial charge in [-0.05, 0) is 43.5 Å². The standard InChI is InChI=1S/C23H24F3NO3/c1-3-12-30-20-9-8-18(15-19(20)23(24,25)26)27-21(28)22(10-13-29-14-11-22)17-6-4-16(2)5-7-17/h3-9,15H,1,10-14H2,2H3,(H,27,28). The van der Waals surface area contributed by atoms with Gasteiger partial charge in [-0.25, -0.2) is 0 Å². The van der Waals surface area contributed by atoms with Crippen molar-refractivity contribution in [2.45, 2.75) is 31.4 Å². The highest BCUT2D eigenvalue weighted by atomic mass is 19.4. The molecule has 1 fully saturated rings. The van der Waals surface area contributed by atoms with Gasteiger partial charge in [-0.2, -0.15) is 13.2 Å². The molecule has 0 atom stereocenters. The van der Waals surface area contributed by atoms with Crippen LogP contribution in [-0.4, -0.2) is 25.7 Å². The molecule has 30 heavy (non-hydrogen) atoms. The van der Waals surface area contributed by atoms with Crippen LogP contribution in [-0.2, 0) is 21.1 Å². The van der Waals surface area contributed by atoms with Gasteiger partial charge in [0.05, 0.1) is 11.0 Å². The summed E-state index contributed by atoms with van der Waals surface area (Å²) in [4.78, 5) is 13.3. The van der Waals surface area contributed by atoms with E-state index in [-0.39, 0.29) is 24.0 Å². The van der Waals surface area contributed by atoms with Crippen molar-refractivity contribution in [2.75, 3.05) is 25.1 Å². The zero-order valence-corrected chi connectivity index (χ0v) is 16.7. The van der Waals surface area contributed by atoms with E-state index in [4.69, 9.17) is 9.47 Å². The van der Waals surface area contributed by atoms with Crippen LogP contribution >= 0.6 is 0 Å². The molecule has 1 aliphatic heterocycles. The molecule has 0 saturated carbocycles. The number of aryl methyl sites for hydroxylation is 1. The van der Waals surface area contributed by atoms with Crippen LogP contribution in [0, 0.1) is 6.92 Å². The smallest absolute Gasteiger partial charge is 0.420 e. The van der Waals surface area contributed by atoms with Gasteiger partial charge in [0.2, 0.25) is 5.91 Å². The molecule has 0 aliphatic carbocycles. The fourth-order valence-electron chi connectivity index (χ4n) is 3.59. The summed E-state index contributed by atoms with van der Waals surface area (Å²) in [5.41, 5.74) is 0.152. The van der Waals surface area contributed by atoms with E-state index in [1.165, 1.54) is 18.2 Å². The normalized spacial score (nSPS) is 16.0. The van der Waals surface area contributed by atoms with Gasteiger partial charge < -0.3 is 14.8 Å². The van der Waals surface area contributed by atoms with E-state index in [0.717, 1.165) is 17.2 Å². The van der Waals surface area contributed by atoms with Crippen LogP contribution in [0.5, 0.6) is 5.75 Å². The molecule has 4 nitrogen and oxygen atoms in total. The van der Waals surface area contributed by atoms with Crippen molar-refractivity contribution in [3.8, 4) is 5.75 Å². The minimum atomic E-state index is -4.62. The van der Waals surface area contributed by atoms with Crippen molar-refractivity contribution < 1.29 is 27.4 Å². The van der Waals surface area contributed by atoms with E-state index in [0.29, 0.717) is 26.1 Å². The van der Waals surface area contributed by atoms with Gasteiger partial charge in [-0.15, -0.1) is 0 Å². The number of amides is 1. The van der Waals surface area contributed by atoms with Crippen molar-refractivity contribution in [1.82, 2.24) is 0 Å². The molecule has 7 heteroatoms. The van der Waals surface area contributed by atoms with Crippen molar-refractivity contribution >= 4 is 11.6 Å². The van der Waals surface area contributed by atoms with Crippen LogP contribution < -0.4 is 10.1 Å². The first-order valence-electron chi connectivity index (χ1n) is 9.67. The van der Waals surface area contributed by atoms with Crippen LogP contribution in [0.1, 0.15) is 29.5 Å². The average molecular weight is 419 g/mol. The lowest BCUT2D eigenvalue weighted by atomic mass is 9.73. The summed E-state index contributed by atoms with van der Waals surface area (Å²) in [6.45, 7) is 6.16. The summed E-state index contributed by atoms with van der Waals surface area (Å²) in [7, 11) is 0. The van der Waals surface area contributed by atoms with E-state index in [2.05, 4.69) is 11.9 Å². The predicted octanol–water partition coefficient (Wildman–Crippen LogP) is 5.27. The maximum Gasteiger partial charge on any atom is 0.420 e. The molecule has 2 aromatic carbocycles. The Bertz CT molecular complexity index is 901. The van der Waals surface area contributed by atoms with E-state index in [1.807, 2.05) is 31.2 Å². The summed E-state index contributed by atoms with van der Waals surface area (Å²) in [5.74, 6) is -0.651. The quantitative estimate of drug-likeness (QED) is 0.650. The molecule has 0 spiro atoms. The Morgan fingerprint density at radius 3 is 2.47 bits per heavy atom. The summed E-state index contributed by atoms with van der Waals surface area (Å²) in [5, 5.41) is 2.69. The number of benzene rings is 2. The van der Waals surface area contributed by atoms with E-state index in [1.54, 1.807) is 0 Å². The van der Waals surface area contributed by atoms with Crippen molar-refractivity contribution in [3.05, 3.63) is 71.8 Å². The Labute approximate surface area is 173 Å². The highest BCUT2D eigenvalue weighted by molar-refractivity contribution is 5.99. The minimum absolute atomic E-state index is 0.0503. The van der Waals surface area contributed by atoms with E-state index < -0.39 is 17.2 Å². The van der Waals surface area contributed by atoms with Crippen molar-refractivity contribution in [1.29, 1.82) is 0 Å². The van der Waals surface area contributed by atoms with Crippen LogP contribution in [0.15, 0.2) is 55.1 Å². The zero-order chi connectivity index (χ0) is 21.8.